The molecule has 0 aliphatic rings. The normalized spacial score (nSPS) is 11.0. The molecule has 0 amide bonds. The fraction of sp³-hybridized carbons (Fsp3) is 0.409. The Balaban J connectivity index is 2.40. The lowest BCUT2D eigenvalue weighted by atomic mass is 10.1. The highest BCUT2D eigenvalue weighted by atomic mass is 16.6. The van der Waals surface area contributed by atoms with E-state index in [4.69, 9.17) is 14.2 Å². The first-order valence-electron chi connectivity index (χ1n) is 10.4. The maximum absolute atomic E-state index is 12.8. The molecule has 2 rings (SSSR count). The molecule has 0 N–H and O–H groups in total. The van der Waals surface area contributed by atoms with E-state index in [1.807, 2.05) is 0 Å². The Morgan fingerprint density at radius 1 is 1.12 bits per heavy atom. The SMILES string of the molecule is CCOC(=O)COc1ccc(/C=C/c2c([N+](=O)[O-])c(=O)n(CC)c(=O)n2CCCOC)cc1. The van der Waals surface area contributed by atoms with Crippen LogP contribution in [0.5, 0.6) is 5.75 Å². The third kappa shape index (κ3) is 6.62. The molecule has 0 saturated heterocycles. The van der Waals surface area contributed by atoms with Crippen LogP contribution in [0.15, 0.2) is 33.9 Å². The minimum absolute atomic E-state index is 0.0139. The van der Waals surface area contributed by atoms with Crippen LogP contribution in [0.25, 0.3) is 12.2 Å². The van der Waals surface area contributed by atoms with Crippen molar-refractivity contribution in [2.75, 3.05) is 26.9 Å². The summed E-state index contributed by atoms with van der Waals surface area (Å²) >= 11 is 0. The average molecular weight is 461 g/mol. The molecule has 2 aromatic rings. The number of hydrogen-bond acceptors (Lipinski definition) is 8. The number of esters is 1. The molecular weight excluding hydrogens is 434 g/mol. The Morgan fingerprint density at radius 3 is 2.39 bits per heavy atom. The van der Waals surface area contributed by atoms with Crippen LogP contribution in [0.4, 0.5) is 5.69 Å². The Morgan fingerprint density at radius 2 is 1.82 bits per heavy atom. The number of nitro groups is 1. The van der Waals surface area contributed by atoms with Crippen molar-refractivity contribution in [1.82, 2.24) is 9.13 Å². The van der Waals surface area contributed by atoms with Crippen molar-refractivity contribution in [2.24, 2.45) is 0 Å². The van der Waals surface area contributed by atoms with Gasteiger partial charge in [0.05, 0.1) is 11.5 Å². The van der Waals surface area contributed by atoms with Crippen LogP contribution >= 0.6 is 0 Å². The van der Waals surface area contributed by atoms with Crippen molar-refractivity contribution < 1.29 is 23.9 Å². The summed E-state index contributed by atoms with van der Waals surface area (Å²) in [6.45, 7) is 3.82. The van der Waals surface area contributed by atoms with Crippen LogP contribution in [-0.2, 0) is 27.4 Å². The predicted octanol–water partition coefficient (Wildman–Crippen LogP) is 2.09. The summed E-state index contributed by atoms with van der Waals surface area (Å²) in [5.41, 5.74) is -1.68. The Kier molecular flexibility index (Phi) is 9.55. The largest absolute Gasteiger partial charge is 0.482 e. The molecule has 178 valence electrons. The summed E-state index contributed by atoms with van der Waals surface area (Å²) in [5.74, 6) is -0.0461. The lowest BCUT2D eigenvalue weighted by Gasteiger charge is -2.13. The summed E-state index contributed by atoms with van der Waals surface area (Å²) in [6.07, 6.45) is 3.37. The molecule has 1 aromatic carbocycles. The number of carbonyl (C=O) groups is 1. The Hall–Kier alpha value is -3.73. The highest BCUT2D eigenvalue weighted by Gasteiger charge is 2.25. The van der Waals surface area contributed by atoms with Crippen molar-refractivity contribution in [2.45, 2.75) is 33.4 Å². The predicted molar refractivity (Wildman–Crippen MR) is 121 cm³/mol. The molecule has 33 heavy (non-hydrogen) atoms. The topological polar surface area (TPSA) is 132 Å². The molecule has 0 aliphatic heterocycles. The van der Waals surface area contributed by atoms with Gasteiger partial charge in [-0.3, -0.25) is 24.0 Å². The molecule has 0 bridgehead atoms. The molecule has 0 saturated carbocycles. The van der Waals surface area contributed by atoms with Gasteiger partial charge in [0, 0.05) is 26.8 Å². The van der Waals surface area contributed by atoms with Crippen molar-refractivity contribution in [3.05, 3.63) is 66.5 Å². The highest BCUT2D eigenvalue weighted by molar-refractivity contribution is 5.72. The number of hydrogen-bond donors (Lipinski definition) is 0. The molecule has 11 nitrogen and oxygen atoms in total. The first kappa shape index (κ1) is 25.5. The van der Waals surface area contributed by atoms with E-state index in [9.17, 15) is 24.5 Å². The van der Waals surface area contributed by atoms with Crippen LogP contribution < -0.4 is 16.0 Å². The van der Waals surface area contributed by atoms with Gasteiger partial charge in [-0.1, -0.05) is 18.2 Å². The first-order valence-corrected chi connectivity index (χ1v) is 10.4. The van der Waals surface area contributed by atoms with Gasteiger partial charge in [0.1, 0.15) is 11.4 Å². The number of carbonyl (C=O) groups excluding carboxylic acids is 1. The molecular formula is C22H27N3O8. The Bertz CT molecular complexity index is 1120. The van der Waals surface area contributed by atoms with Crippen LogP contribution in [0.3, 0.4) is 0 Å². The first-order chi connectivity index (χ1) is 15.8. The standard InChI is InChI=1S/C22H27N3O8/c1-4-23-21(27)20(25(29)30)18(24(22(23)28)13-6-14-31-3)12-9-16-7-10-17(11-8-16)33-15-19(26)32-5-2/h7-12H,4-6,13-15H2,1-3H3/b12-9+. The van der Waals surface area contributed by atoms with Crippen molar-refractivity contribution >= 4 is 23.8 Å². The minimum Gasteiger partial charge on any atom is -0.482 e. The number of aromatic nitrogens is 2. The van der Waals surface area contributed by atoms with Crippen LogP contribution in [0.2, 0.25) is 0 Å². The summed E-state index contributed by atoms with van der Waals surface area (Å²) in [5, 5.41) is 11.7. The van der Waals surface area contributed by atoms with E-state index in [0.29, 0.717) is 24.3 Å². The second-order valence-corrected chi connectivity index (χ2v) is 6.82. The van der Waals surface area contributed by atoms with E-state index >= 15 is 0 Å². The molecule has 0 fully saturated rings. The highest BCUT2D eigenvalue weighted by Crippen LogP contribution is 2.18. The van der Waals surface area contributed by atoms with Gasteiger partial charge in [-0.25, -0.2) is 9.59 Å². The average Bonchev–Trinajstić information content (AvgIpc) is 2.79. The second-order valence-electron chi connectivity index (χ2n) is 6.82. The molecule has 1 heterocycles. The number of methoxy groups -OCH3 is 1. The Labute approximate surface area is 190 Å². The van der Waals surface area contributed by atoms with Crippen molar-refractivity contribution in [3.63, 3.8) is 0 Å². The van der Waals surface area contributed by atoms with Crippen molar-refractivity contribution in [1.29, 1.82) is 0 Å². The lowest BCUT2D eigenvalue weighted by molar-refractivity contribution is -0.387. The maximum Gasteiger partial charge on any atom is 0.357 e. The fourth-order valence-electron chi connectivity index (χ4n) is 3.10. The monoisotopic (exact) mass is 461 g/mol. The van der Waals surface area contributed by atoms with Crippen LogP contribution in [0.1, 0.15) is 31.5 Å². The van der Waals surface area contributed by atoms with E-state index in [0.717, 1.165) is 4.57 Å². The molecule has 0 unspecified atom stereocenters. The molecule has 11 heteroatoms. The van der Waals surface area contributed by atoms with Gasteiger partial charge in [-0.2, -0.15) is 0 Å². The molecule has 0 spiro atoms. The lowest BCUT2D eigenvalue weighted by Crippen LogP contribution is -2.42. The maximum atomic E-state index is 12.8. The van der Waals surface area contributed by atoms with Crippen molar-refractivity contribution in [3.8, 4) is 5.75 Å². The fourth-order valence-corrected chi connectivity index (χ4v) is 3.10. The third-order valence-corrected chi connectivity index (χ3v) is 4.65. The summed E-state index contributed by atoms with van der Waals surface area (Å²) in [7, 11) is 1.51. The number of benzene rings is 1. The van der Waals surface area contributed by atoms with Gasteiger partial charge in [0.25, 0.3) is 0 Å². The molecule has 1 aromatic heterocycles. The second kappa shape index (κ2) is 12.3. The van der Waals surface area contributed by atoms with Gasteiger partial charge in [0.2, 0.25) is 0 Å². The van der Waals surface area contributed by atoms with Gasteiger partial charge < -0.3 is 14.2 Å². The zero-order valence-corrected chi connectivity index (χ0v) is 18.8. The molecule has 0 atom stereocenters. The van der Waals surface area contributed by atoms with E-state index in [2.05, 4.69) is 0 Å². The third-order valence-electron chi connectivity index (χ3n) is 4.65. The number of nitrogens with zero attached hydrogens (tertiary/aromatic N) is 3. The summed E-state index contributed by atoms with van der Waals surface area (Å²) < 4.78 is 17.2. The van der Waals surface area contributed by atoms with Gasteiger partial charge >= 0.3 is 22.9 Å². The molecule has 0 aliphatic carbocycles. The summed E-state index contributed by atoms with van der Waals surface area (Å²) in [4.78, 5) is 47.7. The number of rotatable bonds is 12. The van der Waals surface area contributed by atoms with Crippen LogP contribution in [-0.4, -0.2) is 47.0 Å². The van der Waals surface area contributed by atoms with Gasteiger partial charge in [0.15, 0.2) is 6.61 Å². The van der Waals surface area contributed by atoms with E-state index in [1.54, 1.807) is 44.2 Å². The molecule has 0 radical (unpaired) electrons. The van der Waals surface area contributed by atoms with E-state index in [1.165, 1.54) is 17.8 Å². The quantitative estimate of drug-likeness (QED) is 0.203. The number of ether oxygens (including phenoxy) is 3. The smallest absolute Gasteiger partial charge is 0.357 e. The van der Waals surface area contributed by atoms with Crippen LogP contribution in [0, 0.1) is 10.1 Å². The van der Waals surface area contributed by atoms with Gasteiger partial charge in [-0.05, 0) is 44.0 Å². The summed E-state index contributed by atoms with van der Waals surface area (Å²) in [6, 6.07) is 6.58. The van der Waals surface area contributed by atoms with E-state index in [-0.39, 0.29) is 32.0 Å². The minimum atomic E-state index is -0.946. The zero-order valence-electron chi connectivity index (χ0n) is 18.8. The van der Waals surface area contributed by atoms with E-state index < -0.39 is 27.8 Å². The zero-order chi connectivity index (χ0) is 24.4. The van der Waals surface area contributed by atoms with Gasteiger partial charge in [-0.15, -0.1) is 0 Å².